The second-order valence-corrected chi connectivity index (χ2v) is 4.12. The molecule has 0 aliphatic rings. The van der Waals surface area contributed by atoms with E-state index >= 15 is 0 Å². The van der Waals surface area contributed by atoms with Gasteiger partial charge in [-0.2, -0.15) is 0 Å². The van der Waals surface area contributed by atoms with Crippen LogP contribution < -0.4 is 0 Å². The van der Waals surface area contributed by atoms with Gasteiger partial charge in [-0.15, -0.1) is 0 Å². The van der Waals surface area contributed by atoms with Crippen molar-refractivity contribution in [1.82, 2.24) is 0 Å². The van der Waals surface area contributed by atoms with Crippen molar-refractivity contribution in [2.24, 2.45) is 0 Å². The lowest BCUT2D eigenvalue weighted by Gasteiger charge is -2.11. The quantitative estimate of drug-likeness (QED) is 0.855. The molecule has 0 radical (unpaired) electrons. The lowest BCUT2D eigenvalue weighted by molar-refractivity contribution is -0.150. The van der Waals surface area contributed by atoms with Gasteiger partial charge in [-0.3, -0.25) is 0 Å². The molecule has 0 fully saturated rings. The highest BCUT2D eigenvalue weighted by Gasteiger charge is 2.17. The highest BCUT2D eigenvalue weighted by atomic mass is 79.9. The van der Waals surface area contributed by atoms with Gasteiger partial charge in [-0.25, -0.2) is 4.79 Å². The van der Waals surface area contributed by atoms with Crippen molar-refractivity contribution >= 4 is 21.9 Å². The van der Waals surface area contributed by atoms with Crippen LogP contribution in [0.25, 0.3) is 0 Å². The molecule has 0 aromatic heterocycles. The van der Waals surface area contributed by atoms with Gasteiger partial charge in [0.1, 0.15) is 0 Å². The van der Waals surface area contributed by atoms with Gasteiger partial charge in [-0.1, -0.05) is 28.1 Å². The summed E-state index contributed by atoms with van der Waals surface area (Å²) in [7, 11) is 1.26. The number of methoxy groups -OCH3 is 1. The van der Waals surface area contributed by atoms with E-state index in [9.17, 15) is 9.90 Å². The van der Waals surface area contributed by atoms with Gasteiger partial charge in [-0.05, 0) is 24.1 Å². The fourth-order valence-corrected chi connectivity index (χ4v) is 1.71. The number of hydrogen-bond acceptors (Lipinski definition) is 3. The number of aliphatic hydroxyl groups is 1. The first-order valence-electron chi connectivity index (χ1n) is 4.56. The molecule has 0 spiro atoms. The molecule has 0 amide bonds. The molecule has 82 valence electrons. The Balaban J connectivity index is 2.81. The summed E-state index contributed by atoms with van der Waals surface area (Å²) in [5, 5.41) is 9.50. The lowest BCUT2D eigenvalue weighted by Crippen LogP contribution is -2.24. The Morgan fingerprint density at radius 3 is 2.87 bits per heavy atom. The number of aliphatic hydroxyl groups excluding tert-OH is 1. The van der Waals surface area contributed by atoms with Crippen LogP contribution in [0.3, 0.4) is 0 Å². The van der Waals surface area contributed by atoms with E-state index in [1.807, 2.05) is 25.1 Å². The van der Waals surface area contributed by atoms with E-state index in [0.29, 0.717) is 0 Å². The largest absolute Gasteiger partial charge is 0.467 e. The highest BCUT2D eigenvalue weighted by Crippen LogP contribution is 2.20. The van der Waals surface area contributed by atoms with Crippen LogP contribution in [0, 0.1) is 6.92 Å². The summed E-state index contributed by atoms with van der Waals surface area (Å²) in [5.74, 6) is -0.602. The average Bonchev–Trinajstić information content (AvgIpc) is 2.23. The Morgan fingerprint density at radius 1 is 1.60 bits per heavy atom. The smallest absolute Gasteiger partial charge is 0.335 e. The van der Waals surface area contributed by atoms with Gasteiger partial charge in [0, 0.05) is 10.9 Å². The zero-order valence-corrected chi connectivity index (χ0v) is 10.2. The van der Waals surface area contributed by atoms with Gasteiger partial charge in [0.2, 0.25) is 0 Å². The van der Waals surface area contributed by atoms with Gasteiger partial charge in [0.05, 0.1) is 7.11 Å². The molecule has 1 unspecified atom stereocenters. The zero-order valence-electron chi connectivity index (χ0n) is 8.66. The van der Waals surface area contributed by atoms with Crippen molar-refractivity contribution in [3.63, 3.8) is 0 Å². The van der Waals surface area contributed by atoms with Crippen molar-refractivity contribution in [2.75, 3.05) is 7.11 Å². The molecule has 1 aromatic rings. The number of halogens is 1. The molecule has 1 N–H and O–H groups in total. The van der Waals surface area contributed by atoms with E-state index in [0.717, 1.165) is 15.6 Å². The molecule has 4 heteroatoms. The maximum atomic E-state index is 11.0. The number of benzene rings is 1. The molecule has 0 aliphatic carbocycles. The Kier molecular flexibility index (Phi) is 4.29. The predicted octanol–water partition coefficient (Wildman–Crippen LogP) is 1.83. The number of ether oxygens (including phenoxy) is 1. The first-order valence-corrected chi connectivity index (χ1v) is 5.35. The number of hydrogen-bond donors (Lipinski definition) is 1. The van der Waals surface area contributed by atoms with Gasteiger partial charge in [0.15, 0.2) is 6.10 Å². The SMILES string of the molecule is COC(=O)C(O)Cc1cccc(Br)c1C. The summed E-state index contributed by atoms with van der Waals surface area (Å²) in [6, 6.07) is 5.67. The molecular formula is C11H13BrO3. The van der Waals surface area contributed by atoms with Crippen molar-refractivity contribution < 1.29 is 14.6 Å². The summed E-state index contributed by atoms with van der Waals surface area (Å²) < 4.78 is 5.42. The Morgan fingerprint density at radius 2 is 2.27 bits per heavy atom. The maximum absolute atomic E-state index is 11.0. The topological polar surface area (TPSA) is 46.5 Å². The van der Waals surface area contributed by atoms with E-state index in [1.165, 1.54) is 7.11 Å². The molecule has 1 rings (SSSR count). The molecule has 0 bridgehead atoms. The Hall–Kier alpha value is -0.870. The van der Waals surface area contributed by atoms with Crippen LogP contribution in [0.2, 0.25) is 0 Å². The summed E-state index contributed by atoms with van der Waals surface area (Å²) in [4.78, 5) is 11.0. The fourth-order valence-electron chi connectivity index (χ4n) is 1.30. The lowest BCUT2D eigenvalue weighted by atomic mass is 10.0. The van der Waals surface area contributed by atoms with Gasteiger partial charge < -0.3 is 9.84 Å². The minimum absolute atomic E-state index is 0.276. The highest BCUT2D eigenvalue weighted by molar-refractivity contribution is 9.10. The third kappa shape index (κ3) is 3.04. The van der Waals surface area contributed by atoms with Crippen LogP contribution in [0.5, 0.6) is 0 Å². The normalized spacial score (nSPS) is 12.3. The van der Waals surface area contributed by atoms with Gasteiger partial charge >= 0.3 is 5.97 Å². The molecule has 15 heavy (non-hydrogen) atoms. The van der Waals surface area contributed by atoms with E-state index in [-0.39, 0.29) is 6.42 Å². The van der Waals surface area contributed by atoms with Gasteiger partial charge in [0.25, 0.3) is 0 Å². The number of carbonyl (C=O) groups is 1. The third-order valence-electron chi connectivity index (χ3n) is 2.27. The van der Waals surface area contributed by atoms with E-state index < -0.39 is 12.1 Å². The van der Waals surface area contributed by atoms with E-state index in [4.69, 9.17) is 0 Å². The standard InChI is InChI=1S/C11H13BrO3/c1-7-8(4-3-5-9(7)12)6-10(13)11(14)15-2/h3-5,10,13H,6H2,1-2H3. The molecular weight excluding hydrogens is 260 g/mol. The zero-order chi connectivity index (χ0) is 11.4. The maximum Gasteiger partial charge on any atom is 0.335 e. The molecule has 0 saturated heterocycles. The monoisotopic (exact) mass is 272 g/mol. The van der Waals surface area contributed by atoms with Crippen LogP contribution >= 0.6 is 15.9 Å². The predicted molar refractivity (Wildman–Crippen MR) is 60.6 cm³/mol. The summed E-state index contributed by atoms with van der Waals surface area (Å²) in [6.45, 7) is 1.93. The van der Waals surface area contributed by atoms with Crippen LogP contribution in [-0.4, -0.2) is 24.3 Å². The number of carbonyl (C=O) groups excluding carboxylic acids is 1. The molecule has 0 heterocycles. The van der Waals surface area contributed by atoms with E-state index in [2.05, 4.69) is 20.7 Å². The fraction of sp³-hybridized carbons (Fsp3) is 0.364. The Labute approximate surface area is 97.2 Å². The van der Waals surface area contributed by atoms with Crippen LogP contribution in [-0.2, 0) is 16.0 Å². The molecule has 1 atom stereocenters. The first-order chi connectivity index (χ1) is 7.06. The molecule has 0 saturated carbocycles. The second-order valence-electron chi connectivity index (χ2n) is 3.27. The van der Waals surface area contributed by atoms with Crippen molar-refractivity contribution in [3.8, 4) is 0 Å². The van der Waals surface area contributed by atoms with Crippen molar-refractivity contribution in [3.05, 3.63) is 33.8 Å². The molecule has 3 nitrogen and oxygen atoms in total. The second kappa shape index (κ2) is 5.28. The summed E-state index contributed by atoms with van der Waals surface area (Å²) >= 11 is 3.39. The summed E-state index contributed by atoms with van der Waals surface area (Å²) in [6.07, 6.45) is -0.819. The third-order valence-corrected chi connectivity index (χ3v) is 3.13. The number of esters is 1. The minimum Gasteiger partial charge on any atom is -0.467 e. The van der Waals surface area contributed by atoms with E-state index in [1.54, 1.807) is 0 Å². The van der Waals surface area contributed by atoms with Crippen molar-refractivity contribution in [2.45, 2.75) is 19.4 Å². The molecule has 0 aliphatic heterocycles. The van der Waals surface area contributed by atoms with Crippen LogP contribution in [0.15, 0.2) is 22.7 Å². The molecule has 1 aromatic carbocycles. The average molecular weight is 273 g/mol. The first kappa shape index (κ1) is 12.2. The van der Waals surface area contributed by atoms with Crippen LogP contribution in [0.1, 0.15) is 11.1 Å². The summed E-state index contributed by atoms with van der Waals surface area (Å²) in [5.41, 5.74) is 1.96. The minimum atomic E-state index is -1.09. The van der Waals surface area contributed by atoms with Crippen LogP contribution in [0.4, 0.5) is 0 Å². The number of rotatable bonds is 3. The Bertz CT molecular complexity index is 363. The van der Waals surface area contributed by atoms with Crippen molar-refractivity contribution in [1.29, 1.82) is 0 Å².